The molecule has 2 amide bonds. The van der Waals surface area contributed by atoms with Crippen molar-refractivity contribution in [2.75, 3.05) is 20.2 Å². The maximum Gasteiger partial charge on any atom is 0.317 e. The highest BCUT2D eigenvalue weighted by Crippen LogP contribution is 2.26. The number of methoxy groups -OCH3 is 1. The molecule has 19 heavy (non-hydrogen) atoms. The summed E-state index contributed by atoms with van der Waals surface area (Å²) in [5, 5.41) is 3.05. The maximum atomic E-state index is 12.1. The molecule has 1 aliphatic heterocycles. The van der Waals surface area contributed by atoms with Crippen molar-refractivity contribution < 1.29 is 9.53 Å². The molecular formula is C15H22N2O2. The lowest BCUT2D eigenvalue weighted by Crippen LogP contribution is -2.39. The van der Waals surface area contributed by atoms with Gasteiger partial charge in [0.05, 0.1) is 13.2 Å². The van der Waals surface area contributed by atoms with Crippen LogP contribution in [0.25, 0.3) is 0 Å². The standard InChI is InChI=1S/C15H22N2O2/c1-11-6-7-14(19-3)13(10-11)12(2)16-15(18)17-8-4-5-9-17/h6-7,10,12H,4-5,8-9H2,1-3H3,(H,16,18). The van der Waals surface area contributed by atoms with E-state index in [4.69, 9.17) is 4.74 Å². The minimum Gasteiger partial charge on any atom is -0.496 e. The lowest BCUT2D eigenvalue weighted by Gasteiger charge is -2.22. The van der Waals surface area contributed by atoms with Gasteiger partial charge in [-0.2, -0.15) is 0 Å². The Kier molecular flexibility index (Phi) is 4.30. The van der Waals surface area contributed by atoms with Crippen molar-refractivity contribution in [3.63, 3.8) is 0 Å². The number of nitrogens with one attached hydrogen (secondary N) is 1. The van der Waals surface area contributed by atoms with E-state index in [-0.39, 0.29) is 12.1 Å². The average molecular weight is 262 g/mol. The Balaban J connectivity index is 2.08. The molecule has 0 spiro atoms. The summed E-state index contributed by atoms with van der Waals surface area (Å²) in [7, 11) is 1.66. The van der Waals surface area contributed by atoms with Crippen LogP contribution in [0.4, 0.5) is 4.79 Å². The summed E-state index contributed by atoms with van der Waals surface area (Å²) in [6, 6.07) is 5.99. The van der Waals surface area contributed by atoms with Crippen LogP contribution in [0, 0.1) is 6.92 Å². The van der Waals surface area contributed by atoms with Gasteiger partial charge in [0.1, 0.15) is 5.75 Å². The fourth-order valence-corrected chi connectivity index (χ4v) is 2.47. The van der Waals surface area contributed by atoms with Gasteiger partial charge in [-0.25, -0.2) is 4.79 Å². The van der Waals surface area contributed by atoms with Crippen LogP contribution in [-0.2, 0) is 0 Å². The molecule has 0 bridgehead atoms. The van der Waals surface area contributed by atoms with Crippen LogP contribution in [0.3, 0.4) is 0 Å². The number of hydrogen-bond acceptors (Lipinski definition) is 2. The Bertz CT molecular complexity index is 453. The van der Waals surface area contributed by atoms with Crippen LogP contribution < -0.4 is 10.1 Å². The largest absolute Gasteiger partial charge is 0.496 e. The number of nitrogens with zero attached hydrogens (tertiary/aromatic N) is 1. The zero-order valence-corrected chi connectivity index (χ0v) is 11.9. The van der Waals surface area contributed by atoms with Crippen molar-refractivity contribution in [1.29, 1.82) is 0 Å². The highest BCUT2D eigenvalue weighted by Gasteiger charge is 2.21. The first kappa shape index (κ1) is 13.7. The Labute approximate surface area is 114 Å². The van der Waals surface area contributed by atoms with E-state index >= 15 is 0 Å². The summed E-state index contributed by atoms with van der Waals surface area (Å²) in [6.45, 7) is 5.76. The molecule has 1 aromatic rings. The molecule has 2 rings (SSSR count). The number of urea groups is 1. The first-order valence-electron chi connectivity index (χ1n) is 6.82. The third-order valence-corrected chi connectivity index (χ3v) is 3.58. The molecule has 1 unspecified atom stereocenters. The van der Waals surface area contributed by atoms with Gasteiger partial charge in [0, 0.05) is 18.7 Å². The lowest BCUT2D eigenvalue weighted by molar-refractivity contribution is 0.205. The molecule has 0 aromatic heterocycles. The summed E-state index contributed by atoms with van der Waals surface area (Å²) >= 11 is 0. The molecule has 0 radical (unpaired) electrons. The number of likely N-dealkylation sites (tertiary alicyclic amines) is 1. The van der Waals surface area contributed by atoms with E-state index < -0.39 is 0 Å². The molecule has 4 nitrogen and oxygen atoms in total. The summed E-state index contributed by atoms with van der Waals surface area (Å²) in [6.07, 6.45) is 2.21. The predicted molar refractivity (Wildman–Crippen MR) is 75.5 cm³/mol. The van der Waals surface area contributed by atoms with Crippen LogP contribution >= 0.6 is 0 Å². The second kappa shape index (κ2) is 5.95. The Hall–Kier alpha value is -1.71. The van der Waals surface area contributed by atoms with Crippen LogP contribution in [0.1, 0.15) is 36.9 Å². The molecule has 104 valence electrons. The van der Waals surface area contributed by atoms with Gasteiger partial charge in [-0.15, -0.1) is 0 Å². The first-order valence-corrected chi connectivity index (χ1v) is 6.82. The summed E-state index contributed by atoms with van der Waals surface area (Å²) in [5.41, 5.74) is 2.19. The number of carbonyl (C=O) groups is 1. The number of rotatable bonds is 3. The van der Waals surface area contributed by atoms with Crippen molar-refractivity contribution >= 4 is 6.03 Å². The average Bonchev–Trinajstić information content (AvgIpc) is 2.92. The molecule has 1 fully saturated rings. The van der Waals surface area contributed by atoms with Crippen LogP contribution in [0.2, 0.25) is 0 Å². The van der Waals surface area contributed by atoms with Crippen LogP contribution in [0.5, 0.6) is 5.75 Å². The number of hydrogen-bond donors (Lipinski definition) is 1. The Morgan fingerprint density at radius 1 is 1.37 bits per heavy atom. The third-order valence-electron chi connectivity index (χ3n) is 3.58. The number of carbonyl (C=O) groups excluding carboxylic acids is 1. The van der Waals surface area contributed by atoms with Crippen LogP contribution in [0.15, 0.2) is 18.2 Å². The highest BCUT2D eigenvalue weighted by atomic mass is 16.5. The molecule has 1 heterocycles. The summed E-state index contributed by atoms with van der Waals surface area (Å²) in [4.78, 5) is 14.0. The smallest absolute Gasteiger partial charge is 0.317 e. The van der Waals surface area contributed by atoms with E-state index in [1.54, 1.807) is 7.11 Å². The minimum absolute atomic E-state index is 0.0218. The van der Waals surface area contributed by atoms with Crippen molar-refractivity contribution in [1.82, 2.24) is 10.2 Å². The van der Waals surface area contributed by atoms with Crippen LogP contribution in [-0.4, -0.2) is 31.1 Å². The number of benzene rings is 1. The normalized spacial score (nSPS) is 16.3. The molecule has 0 saturated carbocycles. The van der Waals surface area contributed by atoms with Gasteiger partial charge < -0.3 is 15.0 Å². The predicted octanol–water partition coefficient (Wildman–Crippen LogP) is 2.87. The van der Waals surface area contributed by atoms with Gasteiger partial charge in [0.15, 0.2) is 0 Å². The van der Waals surface area contributed by atoms with Gasteiger partial charge in [-0.05, 0) is 32.8 Å². The Morgan fingerprint density at radius 3 is 2.68 bits per heavy atom. The number of amides is 2. The van der Waals surface area contributed by atoms with E-state index in [0.717, 1.165) is 42.8 Å². The van der Waals surface area contributed by atoms with Crippen molar-refractivity contribution in [3.8, 4) is 5.75 Å². The topological polar surface area (TPSA) is 41.6 Å². The zero-order chi connectivity index (χ0) is 13.8. The van der Waals surface area contributed by atoms with Crippen molar-refractivity contribution in [3.05, 3.63) is 29.3 Å². The lowest BCUT2D eigenvalue weighted by atomic mass is 10.0. The molecule has 1 saturated heterocycles. The molecular weight excluding hydrogens is 240 g/mol. The quantitative estimate of drug-likeness (QED) is 0.910. The maximum absolute atomic E-state index is 12.1. The molecule has 1 aromatic carbocycles. The minimum atomic E-state index is -0.0528. The van der Waals surface area contributed by atoms with Gasteiger partial charge in [0.25, 0.3) is 0 Å². The fraction of sp³-hybridized carbons (Fsp3) is 0.533. The van der Waals surface area contributed by atoms with Gasteiger partial charge in [-0.1, -0.05) is 17.7 Å². The van der Waals surface area contributed by atoms with E-state index in [1.807, 2.05) is 30.9 Å². The fourth-order valence-electron chi connectivity index (χ4n) is 2.47. The van der Waals surface area contributed by atoms with E-state index in [1.165, 1.54) is 0 Å². The summed E-state index contributed by atoms with van der Waals surface area (Å²) < 4.78 is 5.36. The second-order valence-electron chi connectivity index (χ2n) is 5.11. The van der Waals surface area contributed by atoms with Crippen molar-refractivity contribution in [2.24, 2.45) is 0 Å². The first-order chi connectivity index (χ1) is 9.11. The van der Waals surface area contributed by atoms with Gasteiger partial charge >= 0.3 is 6.03 Å². The van der Waals surface area contributed by atoms with E-state index in [9.17, 15) is 4.79 Å². The summed E-state index contributed by atoms with van der Waals surface area (Å²) in [5.74, 6) is 0.819. The zero-order valence-electron chi connectivity index (χ0n) is 11.9. The van der Waals surface area contributed by atoms with E-state index in [0.29, 0.717) is 0 Å². The molecule has 1 N–H and O–H groups in total. The number of aryl methyl sites for hydroxylation is 1. The monoisotopic (exact) mass is 262 g/mol. The molecule has 1 atom stereocenters. The second-order valence-corrected chi connectivity index (χ2v) is 5.11. The molecule has 1 aliphatic rings. The number of ether oxygens (including phenoxy) is 1. The van der Waals surface area contributed by atoms with Gasteiger partial charge in [0.2, 0.25) is 0 Å². The highest BCUT2D eigenvalue weighted by molar-refractivity contribution is 5.75. The molecule has 4 heteroatoms. The third kappa shape index (κ3) is 3.19. The van der Waals surface area contributed by atoms with Crippen molar-refractivity contribution in [2.45, 2.75) is 32.7 Å². The van der Waals surface area contributed by atoms with E-state index in [2.05, 4.69) is 11.4 Å². The SMILES string of the molecule is COc1ccc(C)cc1C(C)NC(=O)N1CCCC1. The Morgan fingerprint density at radius 2 is 2.05 bits per heavy atom. The molecule has 0 aliphatic carbocycles. The van der Waals surface area contributed by atoms with Gasteiger partial charge in [-0.3, -0.25) is 0 Å².